The third-order valence-corrected chi connectivity index (χ3v) is 3.76. The van der Waals surface area contributed by atoms with Crippen molar-refractivity contribution in [2.75, 3.05) is 19.7 Å². The highest BCUT2D eigenvalue weighted by Crippen LogP contribution is 2.32. The van der Waals surface area contributed by atoms with E-state index in [0.29, 0.717) is 18.8 Å². The first-order valence-corrected chi connectivity index (χ1v) is 7.02. The van der Waals surface area contributed by atoms with Crippen molar-refractivity contribution in [1.29, 1.82) is 0 Å². The summed E-state index contributed by atoms with van der Waals surface area (Å²) in [5.41, 5.74) is 6.85. The van der Waals surface area contributed by atoms with Crippen LogP contribution in [0.4, 0.5) is 0 Å². The third-order valence-electron chi connectivity index (χ3n) is 3.76. The number of nitrogens with zero attached hydrogens (tertiary/aromatic N) is 1. The van der Waals surface area contributed by atoms with Crippen molar-refractivity contribution in [2.45, 2.75) is 38.8 Å². The van der Waals surface area contributed by atoms with E-state index in [-0.39, 0.29) is 5.75 Å². The number of ether oxygens (including phenoxy) is 1. The van der Waals surface area contributed by atoms with Gasteiger partial charge in [0.15, 0.2) is 11.5 Å². The lowest BCUT2D eigenvalue weighted by Gasteiger charge is -2.35. The zero-order chi connectivity index (χ0) is 13.9. The molecule has 1 aliphatic heterocycles. The Bertz CT molecular complexity index is 426. The molecule has 0 spiro atoms. The molecule has 0 saturated carbocycles. The van der Waals surface area contributed by atoms with Gasteiger partial charge in [-0.25, -0.2) is 0 Å². The molecular weight excluding hydrogens is 240 g/mol. The lowest BCUT2D eigenvalue weighted by atomic mass is 9.99. The Balaban J connectivity index is 2.15. The summed E-state index contributed by atoms with van der Waals surface area (Å²) in [6, 6.07) is 5.60. The van der Waals surface area contributed by atoms with Gasteiger partial charge >= 0.3 is 0 Å². The van der Waals surface area contributed by atoms with Crippen molar-refractivity contribution >= 4 is 0 Å². The molecule has 4 heteroatoms. The monoisotopic (exact) mass is 264 g/mol. The molecule has 1 aromatic rings. The molecule has 3 N–H and O–H groups in total. The van der Waals surface area contributed by atoms with E-state index in [1.165, 1.54) is 12.8 Å². The molecule has 4 nitrogen and oxygen atoms in total. The van der Waals surface area contributed by atoms with Crippen LogP contribution in [0.2, 0.25) is 0 Å². The van der Waals surface area contributed by atoms with Gasteiger partial charge in [-0.1, -0.05) is 12.1 Å². The van der Waals surface area contributed by atoms with Gasteiger partial charge in [0.1, 0.15) is 0 Å². The van der Waals surface area contributed by atoms with Crippen LogP contribution in [0.25, 0.3) is 0 Å². The normalized spacial score (nSPS) is 19.3. The van der Waals surface area contributed by atoms with E-state index in [2.05, 4.69) is 4.90 Å². The van der Waals surface area contributed by atoms with E-state index >= 15 is 0 Å². The predicted octanol–water partition coefficient (Wildman–Crippen LogP) is 2.10. The fourth-order valence-corrected chi connectivity index (χ4v) is 2.71. The second kappa shape index (κ2) is 5.80. The number of nitrogens with two attached hydrogens (primary N) is 1. The first kappa shape index (κ1) is 14.2. The number of benzene rings is 1. The van der Waals surface area contributed by atoms with Gasteiger partial charge < -0.3 is 15.6 Å². The topological polar surface area (TPSA) is 58.7 Å². The highest BCUT2D eigenvalue weighted by molar-refractivity contribution is 5.46. The number of hydrogen-bond donors (Lipinski definition) is 2. The zero-order valence-corrected chi connectivity index (χ0v) is 11.9. The van der Waals surface area contributed by atoms with Gasteiger partial charge in [-0.2, -0.15) is 0 Å². The minimum Gasteiger partial charge on any atom is -0.504 e. The van der Waals surface area contributed by atoms with Crippen LogP contribution in [-0.2, 0) is 6.42 Å². The Hall–Kier alpha value is -1.26. The molecule has 1 atom stereocenters. The molecule has 1 heterocycles. The van der Waals surface area contributed by atoms with Crippen LogP contribution in [0.3, 0.4) is 0 Å². The lowest BCUT2D eigenvalue weighted by molar-refractivity contribution is 0.140. The van der Waals surface area contributed by atoms with Gasteiger partial charge in [-0.05, 0) is 45.8 Å². The summed E-state index contributed by atoms with van der Waals surface area (Å²) < 4.78 is 5.41. The summed E-state index contributed by atoms with van der Waals surface area (Å²) >= 11 is 0. The highest BCUT2D eigenvalue weighted by Gasteiger charge is 2.30. The number of phenolic OH excluding ortho intramolecular Hbond substituents is 1. The molecule has 1 unspecified atom stereocenters. The average Bonchev–Trinajstić information content (AvgIpc) is 2.89. The van der Waals surface area contributed by atoms with E-state index in [4.69, 9.17) is 10.5 Å². The Morgan fingerprint density at radius 1 is 1.37 bits per heavy atom. The maximum Gasteiger partial charge on any atom is 0.161 e. The van der Waals surface area contributed by atoms with Crippen molar-refractivity contribution < 1.29 is 9.84 Å². The minimum absolute atomic E-state index is 0.222. The van der Waals surface area contributed by atoms with Gasteiger partial charge in [-0.3, -0.25) is 4.90 Å². The fourth-order valence-electron chi connectivity index (χ4n) is 2.71. The van der Waals surface area contributed by atoms with Gasteiger partial charge in [0.25, 0.3) is 0 Å². The van der Waals surface area contributed by atoms with Crippen molar-refractivity contribution in [3.05, 3.63) is 23.8 Å². The van der Waals surface area contributed by atoms with Gasteiger partial charge in [0.05, 0.1) is 12.3 Å². The summed E-state index contributed by atoms with van der Waals surface area (Å²) in [6.07, 6.45) is 3.04. The SMILES string of the molecule is CCOc1cccc(CC(C)(N)N2CCCC2)c1O. The molecule has 0 aliphatic carbocycles. The number of hydrogen-bond acceptors (Lipinski definition) is 4. The highest BCUT2D eigenvalue weighted by atomic mass is 16.5. The van der Waals surface area contributed by atoms with Crippen molar-refractivity contribution in [1.82, 2.24) is 4.90 Å². The number of likely N-dealkylation sites (tertiary alicyclic amines) is 1. The van der Waals surface area contributed by atoms with Gasteiger partial charge in [-0.15, -0.1) is 0 Å². The van der Waals surface area contributed by atoms with Crippen LogP contribution < -0.4 is 10.5 Å². The molecule has 106 valence electrons. The second-order valence-electron chi connectivity index (χ2n) is 5.42. The average molecular weight is 264 g/mol. The second-order valence-corrected chi connectivity index (χ2v) is 5.42. The fraction of sp³-hybridized carbons (Fsp3) is 0.600. The first-order chi connectivity index (χ1) is 9.04. The number of rotatable bonds is 5. The minimum atomic E-state index is -0.418. The molecule has 19 heavy (non-hydrogen) atoms. The van der Waals surface area contributed by atoms with E-state index < -0.39 is 5.66 Å². The molecule has 1 fully saturated rings. The van der Waals surface area contributed by atoms with E-state index in [9.17, 15) is 5.11 Å². The van der Waals surface area contributed by atoms with E-state index in [1.807, 2.05) is 26.0 Å². The molecule has 1 aliphatic rings. The van der Waals surface area contributed by atoms with Crippen LogP contribution in [-0.4, -0.2) is 35.4 Å². The van der Waals surface area contributed by atoms with Crippen LogP contribution in [0, 0.1) is 0 Å². The van der Waals surface area contributed by atoms with E-state index in [0.717, 1.165) is 18.7 Å². The van der Waals surface area contributed by atoms with Crippen LogP contribution in [0.15, 0.2) is 18.2 Å². The maximum atomic E-state index is 10.2. The first-order valence-electron chi connectivity index (χ1n) is 7.02. The molecule has 0 amide bonds. The smallest absolute Gasteiger partial charge is 0.161 e. The lowest BCUT2D eigenvalue weighted by Crippen LogP contribution is -2.54. The number of aromatic hydroxyl groups is 1. The molecule has 1 aromatic carbocycles. The summed E-state index contributed by atoms with van der Waals surface area (Å²) in [4.78, 5) is 2.29. The Labute approximate surface area is 115 Å². The van der Waals surface area contributed by atoms with Gasteiger partial charge in [0, 0.05) is 12.0 Å². The Kier molecular flexibility index (Phi) is 4.32. The molecular formula is C15H24N2O2. The number of phenols is 1. The summed E-state index contributed by atoms with van der Waals surface area (Å²) in [7, 11) is 0. The standard InChI is InChI=1S/C15H24N2O2/c1-3-19-13-8-6-7-12(14(13)18)11-15(2,16)17-9-4-5-10-17/h6-8,18H,3-5,9-11,16H2,1-2H3. The zero-order valence-electron chi connectivity index (χ0n) is 11.9. The summed E-state index contributed by atoms with van der Waals surface area (Å²) in [5.74, 6) is 0.762. The maximum absolute atomic E-state index is 10.2. The van der Waals surface area contributed by atoms with Crippen molar-refractivity contribution in [2.24, 2.45) is 5.73 Å². The molecule has 0 aromatic heterocycles. The quantitative estimate of drug-likeness (QED) is 0.855. The van der Waals surface area contributed by atoms with E-state index in [1.54, 1.807) is 6.07 Å². The Morgan fingerprint density at radius 3 is 2.68 bits per heavy atom. The van der Waals surface area contributed by atoms with Crippen molar-refractivity contribution in [3.63, 3.8) is 0 Å². The third kappa shape index (κ3) is 3.19. The molecule has 0 bridgehead atoms. The van der Waals surface area contributed by atoms with Crippen LogP contribution in [0.1, 0.15) is 32.3 Å². The van der Waals surface area contributed by atoms with Crippen LogP contribution in [0.5, 0.6) is 11.5 Å². The van der Waals surface area contributed by atoms with Crippen LogP contribution >= 0.6 is 0 Å². The number of para-hydroxylation sites is 1. The van der Waals surface area contributed by atoms with Crippen molar-refractivity contribution in [3.8, 4) is 11.5 Å². The molecule has 1 saturated heterocycles. The predicted molar refractivity (Wildman–Crippen MR) is 76.4 cm³/mol. The largest absolute Gasteiger partial charge is 0.504 e. The van der Waals surface area contributed by atoms with Gasteiger partial charge in [0.2, 0.25) is 0 Å². The summed E-state index contributed by atoms with van der Waals surface area (Å²) in [6.45, 7) is 6.56. The summed E-state index contributed by atoms with van der Waals surface area (Å²) in [5, 5.41) is 10.2. The molecule has 2 rings (SSSR count). The Morgan fingerprint density at radius 2 is 2.05 bits per heavy atom. The molecule has 0 radical (unpaired) electrons.